The minimum atomic E-state index is 0.0975. The molecule has 0 spiro atoms. The second-order valence-electron chi connectivity index (χ2n) is 7.13. The van der Waals surface area contributed by atoms with Crippen LogP contribution >= 0.6 is 0 Å². The summed E-state index contributed by atoms with van der Waals surface area (Å²) in [4.78, 5) is 14.7. The fraction of sp³-hybridized carbons (Fsp3) is 0.765. The van der Waals surface area contributed by atoms with E-state index in [0.29, 0.717) is 5.92 Å². The van der Waals surface area contributed by atoms with Gasteiger partial charge in [-0.2, -0.15) is 5.10 Å². The van der Waals surface area contributed by atoms with Crippen molar-refractivity contribution in [1.29, 1.82) is 0 Å². The van der Waals surface area contributed by atoms with E-state index >= 15 is 0 Å². The molecular weight excluding hydrogens is 262 g/mol. The molecule has 0 saturated carbocycles. The van der Waals surface area contributed by atoms with Crippen LogP contribution < -0.4 is 5.56 Å². The highest BCUT2D eigenvalue weighted by atomic mass is 16.1. The normalized spacial score (nSPS) is 20.1. The van der Waals surface area contributed by atoms with Gasteiger partial charge in [-0.1, -0.05) is 13.8 Å². The van der Waals surface area contributed by atoms with Gasteiger partial charge in [-0.3, -0.25) is 4.79 Å². The summed E-state index contributed by atoms with van der Waals surface area (Å²) < 4.78 is 1.73. The maximum atomic E-state index is 12.2. The Morgan fingerprint density at radius 3 is 2.76 bits per heavy atom. The molecule has 21 heavy (non-hydrogen) atoms. The van der Waals surface area contributed by atoms with E-state index < -0.39 is 0 Å². The van der Waals surface area contributed by atoms with Crippen molar-refractivity contribution in [3.8, 4) is 0 Å². The van der Waals surface area contributed by atoms with Gasteiger partial charge in [-0.05, 0) is 62.6 Å². The van der Waals surface area contributed by atoms with Crippen LogP contribution in [0, 0.1) is 11.8 Å². The Kier molecular flexibility index (Phi) is 4.43. The molecule has 1 aliphatic heterocycles. The van der Waals surface area contributed by atoms with Crippen molar-refractivity contribution in [2.45, 2.75) is 52.5 Å². The number of nitrogens with zero attached hydrogens (tertiary/aromatic N) is 3. The molecule has 0 bridgehead atoms. The van der Waals surface area contributed by atoms with E-state index in [1.807, 2.05) is 6.07 Å². The zero-order chi connectivity index (χ0) is 14.8. The Morgan fingerprint density at radius 1 is 1.29 bits per heavy atom. The first kappa shape index (κ1) is 14.8. The average Bonchev–Trinajstić information content (AvgIpc) is 2.88. The fourth-order valence-corrected chi connectivity index (χ4v) is 3.68. The van der Waals surface area contributed by atoms with Gasteiger partial charge < -0.3 is 4.90 Å². The van der Waals surface area contributed by atoms with Gasteiger partial charge in [0.2, 0.25) is 0 Å². The molecule has 4 heteroatoms. The topological polar surface area (TPSA) is 38.1 Å². The largest absolute Gasteiger partial charge is 0.303 e. The van der Waals surface area contributed by atoms with Crippen molar-refractivity contribution in [1.82, 2.24) is 14.7 Å². The summed E-state index contributed by atoms with van der Waals surface area (Å²) in [6.07, 6.45) is 5.61. The summed E-state index contributed by atoms with van der Waals surface area (Å²) in [7, 11) is 0. The molecule has 1 fully saturated rings. The van der Waals surface area contributed by atoms with Crippen LogP contribution in [0.15, 0.2) is 10.9 Å². The lowest BCUT2D eigenvalue weighted by atomic mass is 9.96. The van der Waals surface area contributed by atoms with E-state index in [2.05, 4.69) is 23.8 Å². The molecular formula is C17H27N3O. The maximum absolute atomic E-state index is 12.2. The van der Waals surface area contributed by atoms with Crippen molar-refractivity contribution in [2.75, 3.05) is 19.6 Å². The average molecular weight is 289 g/mol. The maximum Gasteiger partial charge on any atom is 0.267 e. The van der Waals surface area contributed by atoms with Crippen LogP contribution in [0.2, 0.25) is 0 Å². The molecule has 0 N–H and O–H groups in total. The Balaban J connectivity index is 1.60. The van der Waals surface area contributed by atoms with Gasteiger partial charge in [-0.15, -0.1) is 0 Å². The molecule has 3 rings (SSSR count). The van der Waals surface area contributed by atoms with Crippen molar-refractivity contribution < 1.29 is 0 Å². The first-order valence-electron chi connectivity index (χ1n) is 8.44. The van der Waals surface area contributed by atoms with E-state index in [9.17, 15) is 4.79 Å². The highest BCUT2D eigenvalue weighted by Gasteiger charge is 2.22. The van der Waals surface area contributed by atoms with Gasteiger partial charge in [-0.25, -0.2) is 4.68 Å². The SMILES string of the molecule is CC(C)CN1CCC(Cn2nc3c(cc2=O)CCC3)CC1. The lowest BCUT2D eigenvalue weighted by molar-refractivity contribution is 0.155. The van der Waals surface area contributed by atoms with Crippen LogP contribution in [0.1, 0.15) is 44.4 Å². The number of hydrogen-bond acceptors (Lipinski definition) is 3. The first-order valence-corrected chi connectivity index (χ1v) is 8.44. The van der Waals surface area contributed by atoms with Crippen LogP contribution in [0.4, 0.5) is 0 Å². The fourth-order valence-electron chi connectivity index (χ4n) is 3.68. The molecule has 1 saturated heterocycles. The number of aryl methyl sites for hydroxylation is 2. The third kappa shape index (κ3) is 3.54. The van der Waals surface area contributed by atoms with E-state index in [1.165, 1.54) is 38.0 Å². The number of rotatable bonds is 4. The first-order chi connectivity index (χ1) is 10.1. The second kappa shape index (κ2) is 6.30. The van der Waals surface area contributed by atoms with Crippen LogP contribution in [0.3, 0.4) is 0 Å². The van der Waals surface area contributed by atoms with E-state index in [1.54, 1.807) is 4.68 Å². The molecule has 1 aromatic rings. The molecule has 116 valence electrons. The predicted octanol–water partition coefficient (Wildman–Crippen LogP) is 2.10. The lowest BCUT2D eigenvalue weighted by Gasteiger charge is -2.33. The zero-order valence-corrected chi connectivity index (χ0v) is 13.3. The van der Waals surface area contributed by atoms with E-state index in [4.69, 9.17) is 0 Å². The van der Waals surface area contributed by atoms with Gasteiger partial charge in [0.15, 0.2) is 0 Å². The van der Waals surface area contributed by atoms with Crippen molar-refractivity contribution >= 4 is 0 Å². The molecule has 0 radical (unpaired) electrons. The molecule has 0 atom stereocenters. The number of fused-ring (bicyclic) bond motifs is 1. The number of likely N-dealkylation sites (tertiary alicyclic amines) is 1. The minimum Gasteiger partial charge on any atom is -0.303 e. The summed E-state index contributed by atoms with van der Waals surface area (Å²) in [6.45, 7) is 8.90. The summed E-state index contributed by atoms with van der Waals surface area (Å²) in [5.41, 5.74) is 2.44. The van der Waals surface area contributed by atoms with Gasteiger partial charge >= 0.3 is 0 Å². The summed E-state index contributed by atoms with van der Waals surface area (Å²) in [5, 5.41) is 4.60. The third-order valence-electron chi connectivity index (χ3n) is 4.79. The van der Waals surface area contributed by atoms with Gasteiger partial charge in [0.05, 0.1) is 5.69 Å². The van der Waals surface area contributed by atoms with Crippen LogP contribution in [-0.4, -0.2) is 34.3 Å². The molecule has 1 aromatic heterocycles. The smallest absolute Gasteiger partial charge is 0.267 e. The number of piperidine rings is 1. The molecule has 1 aliphatic carbocycles. The Bertz CT molecular complexity index is 541. The van der Waals surface area contributed by atoms with Crippen molar-refractivity contribution in [3.05, 3.63) is 27.7 Å². The zero-order valence-electron chi connectivity index (χ0n) is 13.3. The molecule has 0 unspecified atom stereocenters. The van der Waals surface area contributed by atoms with Crippen LogP contribution in [-0.2, 0) is 19.4 Å². The molecule has 0 aromatic carbocycles. The highest BCUT2D eigenvalue weighted by molar-refractivity contribution is 5.22. The van der Waals surface area contributed by atoms with Crippen molar-refractivity contribution in [3.63, 3.8) is 0 Å². The Hall–Kier alpha value is -1.16. The van der Waals surface area contributed by atoms with Gasteiger partial charge in [0.25, 0.3) is 5.56 Å². The summed E-state index contributed by atoms with van der Waals surface area (Å²) >= 11 is 0. The van der Waals surface area contributed by atoms with Crippen LogP contribution in [0.25, 0.3) is 0 Å². The van der Waals surface area contributed by atoms with E-state index in [-0.39, 0.29) is 5.56 Å². The van der Waals surface area contributed by atoms with Crippen molar-refractivity contribution in [2.24, 2.45) is 11.8 Å². The quantitative estimate of drug-likeness (QED) is 0.852. The van der Waals surface area contributed by atoms with Gasteiger partial charge in [0.1, 0.15) is 0 Å². The predicted molar refractivity (Wildman–Crippen MR) is 84.5 cm³/mol. The van der Waals surface area contributed by atoms with Crippen LogP contribution in [0.5, 0.6) is 0 Å². The third-order valence-corrected chi connectivity index (χ3v) is 4.79. The van der Waals surface area contributed by atoms with E-state index in [0.717, 1.165) is 37.4 Å². The second-order valence-corrected chi connectivity index (χ2v) is 7.13. The standard InChI is InChI=1S/C17H27N3O/c1-13(2)11-19-8-6-14(7-9-19)12-20-17(21)10-15-4-3-5-16(15)18-20/h10,13-14H,3-9,11-12H2,1-2H3. The van der Waals surface area contributed by atoms with Gasteiger partial charge in [0, 0.05) is 19.2 Å². The monoisotopic (exact) mass is 289 g/mol. The molecule has 4 nitrogen and oxygen atoms in total. The highest BCUT2D eigenvalue weighted by Crippen LogP contribution is 2.21. The molecule has 0 amide bonds. The molecule has 2 heterocycles. The number of aromatic nitrogens is 2. The Labute approximate surface area is 127 Å². The summed E-state index contributed by atoms with van der Waals surface area (Å²) in [5.74, 6) is 1.35. The molecule has 2 aliphatic rings. The minimum absolute atomic E-state index is 0.0975. The Morgan fingerprint density at radius 2 is 2.05 bits per heavy atom. The lowest BCUT2D eigenvalue weighted by Crippen LogP contribution is -2.38. The number of hydrogen-bond donors (Lipinski definition) is 0. The summed E-state index contributed by atoms with van der Waals surface area (Å²) in [6, 6.07) is 1.82.